The van der Waals surface area contributed by atoms with E-state index in [1.807, 2.05) is 6.92 Å². The van der Waals surface area contributed by atoms with E-state index in [0.717, 1.165) is 6.42 Å². The molecule has 0 radical (unpaired) electrons. The molecule has 1 rings (SSSR count). The molecule has 0 aromatic heterocycles. The number of hydrogen-bond acceptors (Lipinski definition) is 4. The van der Waals surface area contributed by atoms with Gasteiger partial charge in [-0.05, 0) is 30.7 Å². The second-order valence-corrected chi connectivity index (χ2v) is 3.95. The lowest BCUT2D eigenvalue weighted by Gasteiger charge is -2.04. The van der Waals surface area contributed by atoms with E-state index in [2.05, 4.69) is 10.6 Å². The Morgan fingerprint density at radius 1 is 1.35 bits per heavy atom. The van der Waals surface area contributed by atoms with Crippen molar-refractivity contribution in [3.8, 4) is 6.07 Å². The zero-order valence-electron chi connectivity index (χ0n) is 11.0. The molecule has 0 saturated carbocycles. The van der Waals surface area contributed by atoms with Crippen LogP contribution in [-0.2, 0) is 4.79 Å². The van der Waals surface area contributed by atoms with Gasteiger partial charge >= 0.3 is 5.97 Å². The van der Waals surface area contributed by atoms with Gasteiger partial charge in [-0.1, -0.05) is 6.92 Å². The van der Waals surface area contributed by atoms with Crippen LogP contribution in [0.15, 0.2) is 36.0 Å². The first-order valence-corrected chi connectivity index (χ1v) is 6.06. The van der Waals surface area contributed by atoms with Gasteiger partial charge < -0.3 is 15.7 Å². The Morgan fingerprint density at radius 2 is 2.00 bits per heavy atom. The van der Waals surface area contributed by atoms with E-state index < -0.39 is 11.9 Å². The van der Waals surface area contributed by atoms with Crippen LogP contribution in [0.25, 0.3) is 0 Å². The Morgan fingerprint density at radius 3 is 2.50 bits per heavy atom. The lowest BCUT2D eigenvalue weighted by molar-refractivity contribution is -0.117. The first-order valence-electron chi connectivity index (χ1n) is 6.06. The molecule has 0 atom stereocenters. The molecule has 0 aliphatic carbocycles. The second kappa shape index (κ2) is 7.59. The van der Waals surface area contributed by atoms with Gasteiger partial charge in [0.25, 0.3) is 5.91 Å². The highest BCUT2D eigenvalue weighted by Gasteiger charge is 2.07. The normalized spacial score (nSPS) is 10.5. The molecule has 20 heavy (non-hydrogen) atoms. The molecule has 0 aliphatic rings. The van der Waals surface area contributed by atoms with Crippen molar-refractivity contribution in [2.75, 3.05) is 11.9 Å². The van der Waals surface area contributed by atoms with Gasteiger partial charge in [-0.3, -0.25) is 4.79 Å². The maximum atomic E-state index is 11.6. The first kappa shape index (κ1) is 15.2. The monoisotopic (exact) mass is 273 g/mol. The van der Waals surface area contributed by atoms with Crippen LogP contribution in [0.1, 0.15) is 23.7 Å². The minimum atomic E-state index is -1.01. The number of carbonyl (C=O) groups is 2. The van der Waals surface area contributed by atoms with Crippen molar-refractivity contribution in [1.82, 2.24) is 5.32 Å². The lowest BCUT2D eigenvalue weighted by Crippen LogP contribution is -2.25. The van der Waals surface area contributed by atoms with Crippen LogP contribution in [0.3, 0.4) is 0 Å². The van der Waals surface area contributed by atoms with E-state index in [1.165, 1.54) is 18.3 Å². The van der Waals surface area contributed by atoms with Gasteiger partial charge in [-0.25, -0.2) is 4.79 Å². The van der Waals surface area contributed by atoms with Gasteiger partial charge in [0.15, 0.2) is 0 Å². The van der Waals surface area contributed by atoms with Crippen LogP contribution in [-0.4, -0.2) is 23.5 Å². The van der Waals surface area contributed by atoms with Gasteiger partial charge in [0, 0.05) is 18.4 Å². The summed E-state index contributed by atoms with van der Waals surface area (Å²) < 4.78 is 0. The molecule has 0 bridgehead atoms. The molecular weight excluding hydrogens is 258 g/mol. The number of nitrogens with zero attached hydrogens (tertiary/aromatic N) is 1. The predicted molar refractivity (Wildman–Crippen MR) is 74.0 cm³/mol. The van der Waals surface area contributed by atoms with Crippen molar-refractivity contribution in [2.45, 2.75) is 13.3 Å². The number of nitriles is 1. The molecule has 1 amide bonds. The summed E-state index contributed by atoms with van der Waals surface area (Å²) in [5.74, 6) is -1.45. The SMILES string of the molecule is CCCNC(=O)/C(C#N)=C\Nc1ccc(C(=O)O)cc1. The van der Waals surface area contributed by atoms with Gasteiger partial charge in [0.2, 0.25) is 0 Å². The number of hydrogen-bond donors (Lipinski definition) is 3. The minimum absolute atomic E-state index is 0.0410. The standard InChI is InChI=1S/C14H15N3O3/c1-2-7-16-13(18)11(8-15)9-17-12-5-3-10(4-6-12)14(19)20/h3-6,9,17H,2,7H2,1H3,(H,16,18)(H,19,20)/b11-9-. The summed E-state index contributed by atoms with van der Waals surface area (Å²) in [7, 11) is 0. The van der Waals surface area contributed by atoms with E-state index in [0.29, 0.717) is 12.2 Å². The second-order valence-electron chi connectivity index (χ2n) is 3.95. The molecule has 6 nitrogen and oxygen atoms in total. The third-order valence-corrected chi connectivity index (χ3v) is 2.42. The number of rotatable bonds is 6. The Hall–Kier alpha value is -2.81. The van der Waals surface area contributed by atoms with Gasteiger partial charge in [-0.15, -0.1) is 0 Å². The highest BCUT2D eigenvalue weighted by Crippen LogP contribution is 2.10. The maximum Gasteiger partial charge on any atom is 0.335 e. The average Bonchev–Trinajstić information content (AvgIpc) is 2.46. The molecule has 6 heteroatoms. The summed E-state index contributed by atoms with van der Waals surface area (Å²) in [5.41, 5.74) is 0.715. The van der Waals surface area contributed by atoms with Crippen LogP contribution in [0.2, 0.25) is 0 Å². The fraction of sp³-hybridized carbons (Fsp3) is 0.214. The van der Waals surface area contributed by atoms with Crippen molar-refractivity contribution >= 4 is 17.6 Å². The fourth-order valence-corrected chi connectivity index (χ4v) is 1.35. The summed E-state index contributed by atoms with van der Waals surface area (Å²) in [4.78, 5) is 22.3. The van der Waals surface area contributed by atoms with E-state index >= 15 is 0 Å². The van der Waals surface area contributed by atoms with Gasteiger partial charge in [-0.2, -0.15) is 5.26 Å². The molecule has 0 aliphatic heterocycles. The predicted octanol–water partition coefficient (Wildman–Crippen LogP) is 1.73. The minimum Gasteiger partial charge on any atom is -0.478 e. The third-order valence-electron chi connectivity index (χ3n) is 2.42. The van der Waals surface area contributed by atoms with Crippen LogP contribution < -0.4 is 10.6 Å². The van der Waals surface area contributed by atoms with Gasteiger partial charge in [0.1, 0.15) is 11.6 Å². The van der Waals surface area contributed by atoms with Crippen molar-refractivity contribution in [1.29, 1.82) is 5.26 Å². The van der Waals surface area contributed by atoms with E-state index in [1.54, 1.807) is 18.2 Å². The molecule has 104 valence electrons. The van der Waals surface area contributed by atoms with Crippen LogP contribution in [0.4, 0.5) is 5.69 Å². The number of anilines is 1. The Labute approximate surface area is 116 Å². The third kappa shape index (κ3) is 4.46. The van der Waals surface area contributed by atoms with Crippen molar-refractivity contribution in [3.63, 3.8) is 0 Å². The maximum absolute atomic E-state index is 11.6. The molecule has 0 spiro atoms. The topological polar surface area (TPSA) is 102 Å². The smallest absolute Gasteiger partial charge is 0.335 e. The van der Waals surface area contributed by atoms with Gasteiger partial charge in [0.05, 0.1) is 5.56 Å². The summed E-state index contributed by atoms with van der Waals surface area (Å²) in [6.45, 7) is 2.42. The van der Waals surface area contributed by atoms with E-state index in [-0.39, 0.29) is 11.1 Å². The number of carbonyl (C=O) groups excluding carboxylic acids is 1. The average molecular weight is 273 g/mol. The highest BCUT2D eigenvalue weighted by molar-refractivity contribution is 5.97. The summed E-state index contributed by atoms with van der Waals surface area (Å²) in [6.07, 6.45) is 2.08. The first-order chi connectivity index (χ1) is 9.58. The lowest BCUT2D eigenvalue weighted by atomic mass is 10.2. The van der Waals surface area contributed by atoms with Crippen LogP contribution >= 0.6 is 0 Å². The molecule has 0 saturated heterocycles. The number of amides is 1. The number of nitrogens with one attached hydrogen (secondary N) is 2. The zero-order valence-corrected chi connectivity index (χ0v) is 11.0. The van der Waals surface area contributed by atoms with Crippen LogP contribution in [0.5, 0.6) is 0 Å². The molecular formula is C14H15N3O3. The summed E-state index contributed by atoms with van der Waals surface area (Å²) in [6, 6.07) is 7.78. The van der Waals surface area contributed by atoms with Crippen molar-refractivity contribution in [3.05, 3.63) is 41.6 Å². The fourth-order valence-electron chi connectivity index (χ4n) is 1.35. The quantitative estimate of drug-likeness (QED) is 0.541. The van der Waals surface area contributed by atoms with Crippen LogP contribution in [0, 0.1) is 11.3 Å². The molecule has 0 fully saturated rings. The summed E-state index contributed by atoms with van der Waals surface area (Å²) >= 11 is 0. The molecule has 1 aromatic rings. The van der Waals surface area contributed by atoms with Crippen molar-refractivity contribution < 1.29 is 14.7 Å². The van der Waals surface area contributed by atoms with E-state index in [9.17, 15) is 9.59 Å². The molecule has 3 N–H and O–H groups in total. The Bertz CT molecular complexity index is 556. The number of aromatic carboxylic acids is 1. The number of carboxylic acid groups (broad SMARTS) is 1. The molecule has 0 unspecified atom stereocenters. The number of carboxylic acids is 1. The summed E-state index contributed by atoms with van der Waals surface area (Å²) in [5, 5.41) is 23.0. The highest BCUT2D eigenvalue weighted by atomic mass is 16.4. The van der Waals surface area contributed by atoms with Crippen molar-refractivity contribution in [2.24, 2.45) is 0 Å². The largest absolute Gasteiger partial charge is 0.478 e. The number of benzene rings is 1. The van der Waals surface area contributed by atoms with E-state index in [4.69, 9.17) is 10.4 Å². The Kier molecular flexibility index (Phi) is 5.78. The zero-order chi connectivity index (χ0) is 15.0. The molecule has 1 aromatic carbocycles. The Balaban J connectivity index is 2.71. The molecule has 0 heterocycles.